The molecule has 116 valence electrons. The Morgan fingerprint density at radius 2 is 1.90 bits per heavy atom. The highest BCUT2D eigenvalue weighted by Gasteiger charge is 2.35. The first kappa shape index (κ1) is 17.4. The number of hydrogen-bond acceptors (Lipinski definition) is 4. The van der Waals surface area contributed by atoms with E-state index in [1.54, 1.807) is 0 Å². The highest BCUT2D eigenvalue weighted by Crippen LogP contribution is 2.33. The summed E-state index contributed by atoms with van der Waals surface area (Å²) < 4.78 is 64.8. The van der Waals surface area contributed by atoms with Crippen LogP contribution < -0.4 is 10.5 Å². The molecule has 1 rings (SSSR count). The number of nitrogens with one attached hydrogen (secondary N) is 1. The number of benzene rings is 1. The average molecular weight is 321 g/mol. The molecule has 0 aliphatic carbocycles. The third-order valence-electron chi connectivity index (χ3n) is 2.65. The molecule has 0 atom stereocenters. The van der Waals surface area contributed by atoms with Crippen LogP contribution >= 0.6 is 0 Å². The van der Waals surface area contributed by atoms with Crippen molar-refractivity contribution in [2.45, 2.75) is 30.5 Å². The Balaban J connectivity index is 3.37. The molecule has 21 heavy (non-hydrogen) atoms. The Kier molecular flexibility index (Phi) is 4.67. The van der Waals surface area contributed by atoms with Crippen molar-refractivity contribution in [3.05, 3.63) is 29.3 Å². The van der Waals surface area contributed by atoms with Gasteiger partial charge in [-0.15, -0.1) is 0 Å². The Morgan fingerprint density at radius 3 is 2.33 bits per heavy atom. The fraction of sp³-hybridized carbons (Fsp3) is 0.417. The molecule has 5 nitrogen and oxygen atoms in total. The van der Waals surface area contributed by atoms with E-state index in [2.05, 4.69) is 4.72 Å². The molecule has 1 aromatic rings. The van der Waals surface area contributed by atoms with E-state index in [9.17, 15) is 21.6 Å². The van der Waals surface area contributed by atoms with E-state index in [0.717, 1.165) is 12.1 Å². The minimum Gasteiger partial charge on any atom is -0.329 e. The van der Waals surface area contributed by atoms with Gasteiger partial charge in [0.25, 0.3) is 0 Å². The van der Waals surface area contributed by atoms with Crippen LogP contribution in [0.2, 0.25) is 0 Å². The quantitative estimate of drug-likeness (QED) is 0.880. The summed E-state index contributed by atoms with van der Waals surface area (Å²) in [6, 6.07) is 3.60. The molecule has 3 N–H and O–H groups in total. The number of alkyl halides is 3. The van der Waals surface area contributed by atoms with Crippen molar-refractivity contribution in [3.8, 4) is 6.07 Å². The van der Waals surface area contributed by atoms with Gasteiger partial charge in [-0.3, -0.25) is 0 Å². The number of sulfonamides is 1. The lowest BCUT2D eigenvalue weighted by molar-refractivity contribution is -0.137. The van der Waals surface area contributed by atoms with Crippen LogP contribution in [0.1, 0.15) is 25.0 Å². The Hall–Kier alpha value is -1.63. The van der Waals surface area contributed by atoms with Gasteiger partial charge in [0.15, 0.2) is 0 Å². The molecule has 0 spiro atoms. The second-order valence-electron chi connectivity index (χ2n) is 5.01. The lowest BCUT2D eigenvalue weighted by Crippen LogP contribution is -2.48. The minimum atomic E-state index is -4.82. The SMILES string of the molecule is CC(C)(CN)NS(=O)(=O)c1ccc(C#N)c(C(F)(F)F)c1. The summed E-state index contributed by atoms with van der Waals surface area (Å²) >= 11 is 0. The van der Waals surface area contributed by atoms with Crippen LogP contribution in [-0.4, -0.2) is 20.5 Å². The zero-order valence-corrected chi connectivity index (χ0v) is 12.1. The molecule has 0 unspecified atom stereocenters. The van der Waals surface area contributed by atoms with E-state index in [1.807, 2.05) is 0 Å². The minimum absolute atomic E-state index is 0.0331. The second-order valence-corrected chi connectivity index (χ2v) is 6.69. The first-order chi connectivity index (χ1) is 9.43. The van der Waals surface area contributed by atoms with E-state index in [4.69, 9.17) is 11.0 Å². The van der Waals surface area contributed by atoms with E-state index in [0.29, 0.717) is 6.07 Å². The van der Waals surface area contributed by atoms with Crippen LogP contribution in [-0.2, 0) is 16.2 Å². The molecule has 0 radical (unpaired) electrons. The first-order valence-electron chi connectivity index (χ1n) is 5.78. The monoisotopic (exact) mass is 321 g/mol. The lowest BCUT2D eigenvalue weighted by atomic mass is 10.1. The molecule has 0 aromatic heterocycles. The van der Waals surface area contributed by atoms with E-state index >= 15 is 0 Å². The Morgan fingerprint density at radius 1 is 1.33 bits per heavy atom. The van der Waals surface area contributed by atoms with Gasteiger partial charge in [-0.05, 0) is 32.0 Å². The summed E-state index contributed by atoms with van der Waals surface area (Å²) in [7, 11) is -4.18. The van der Waals surface area contributed by atoms with Gasteiger partial charge < -0.3 is 5.73 Å². The predicted molar refractivity (Wildman–Crippen MR) is 69.6 cm³/mol. The van der Waals surface area contributed by atoms with Crippen LogP contribution in [0.15, 0.2) is 23.1 Å². The summed E-state index contributed by atoms with van der Waals surface area (Å²) in [6.07, 6.45) is -4.82. The van der Waals surface area contributed by atoms with Crippen molar-refractivity contribution in [1.82, 2.24) is 4.72 Å². The van der Waals surface area contributed by atoms with Gasteiger partial charge in [0, 0.05) is 12.1 Å². The fourth-order valence-electron chi connectivity index (χ4n) is 1.49. The van der Waals surface area contributed by atoms with Crippen molar-refractivity contribution < 1.29 is 21.6 Å². The van der Waals surface area contributed by atoms with Crippen molar-refractivity contribution >= 4 is 10.0 Å². The summed E-state index contributed by atoms with van der Waals surface area (Å²) in [5.41, 5.74) is 2.45. The molecule has 1 aromatic carbocycles. The zero-order chi connectivity index (χ0) is 16.5. The van der Waals surface area contributed by atoms with E-state index in [-0.39, 0.29) is 6.54 Å². The molecule has 0 aliphatic heterocycles. The summed E-state index contributed by atoms with van der Waals surface area (Å²) in [5.74, 6) is 0. The van der Waals surface area contributed by atoms with Crippen molar-refractivity contribution in [1.29, 1.82) is 5.26 Å². The van der Waals surface area contributed by atoms with E-state index < -0.39 is 37.8 Å². The first-order valence-corrected chi connectivity index (χ1v) is 7.27. The number of halogens is 3. The molecule has 0 fully saturated rings. The highest BCUT2D eigenvalue weighted by molar-refractivity contribution is 7.89. The number of nitrogens with zero attached hydrogens (tertiary/aromatic N) is 1. The second kappa shape index (κ2) is 5.63. The van der Waals surface area contributed by atoms with Gasteiger partial charge in [0.1, 0.15) is 0 Å². The number of rotatable bonds is 4. The molecule has 0 aliphatic rings. The summed E-state index contributed by atoms with van der Waals surface area (Å²) in [4.78, 5) is -0.574. The summed E-state index contributed by atoms with van der Waals surface area (Å²) in [5, 5.41) is 8.67. The van der Waals surface area contributed by atoms with Crippen molar-refractivity contribution in [2.75, 3.05) is 6.54 Å². The van der Waals surface area contributed by atoms with Gasteiger partial charge in [0.05, 0.1) is 22.1 Å². The maximum absolute atomic E-state index is 12.8. The summed E-state index contributed by atoms with van der Waals surface area (Å²) in [6.45, 7) is 2.96. The van der Waals surface area contributed by atoms with Crippen LogP contribution in [0.4, 0.5) is 13.2 Å². The largest absolute Gasteiger partial charge is 0.417 e. The van der Waals surface area contributed by atoms with Crippen LogP contribution in [0.5, 0.6) is 0 Å². The number of nitriles is 1. The third kappa shape index (κ3) is 4.17. The molecule has 0 heterocycles. The predicted octanol–water partition coefficient (Wildman–Crippen LogP) is 1.59. The third-order valence-corrected chi connectivity index (χ3v) is 4.34. The van der Waals surface area contributed by atoms with Gasteiger partial charge in [-0.25, -0.2) is 13.1 Å². The zero-order valence-electron chi connectivity index (χ0n) is 11.3. The molecule has 0 amide bonds. The van der Waals surface area contributed by atoms with Crippen LogP contribution in [0.3, 0.4) is 0 Å². The molecule has 0 saturated carbocycles. The molecular formula is C12H14F3N3O2S. The smallest absolute Gasteiger partial charge is 0.329 e. The Labute approximate surface area is 120 Å². The molecule has 0 bridgehead atoms. The fourth-order valence-corrected chi connectivity index (χ4v) is 2.94. The van der Waals surface area contributed by atoms with Crippen LogP contribution in [0.25, 0.3) is 0 Å². The standard InChI is InChI=1S/C12H14F3N3O2S/c1-11(2,7-17)18-21(19,20)9-4-3-8(6-16)10(5-9)12(13,14)15/h3-5,18H,7,17H2,1-2H3. The van der Waals surface area contributed by atoms with Gasteiger partial charge in [0.2, 0.25) is 10.0 Å². The maximum atomic E-state index is 12.8. The number of nitrogens with two attached hydrogens (primary N) is 1. The molecule has 0 saturated heterocycles. The van der Waals surface area contributed by atoms with Gasteiger partial charge in [-0.2, -0.15) is 18.4 Å². The molecular weight excluding hydrogens is 307 g/mol. The normalized spacial score (nSPS) is 13.0. The topological polar surface area (TPSA) is 96.0 Å². The van der Waals surface area contributed by atoms with Gasteiger partial charge in [-0.1, -0.05) is 0 Å². The van der Waals surface area contributed by atoms with Gasteiger partial charge >= 0.3 is 6.18 Å². The van der Waals surface area contributed by atoms with Crippen molar-refractivity contribution in [2.24, 2.45) is 5.73 Å². The average Bonchev–Trinajstić information content (AvgIpc) is 2.35. The molecule has 9 heteroatoms. The maximum Gasteiger partial charge on any atom is 0.417 e. The Bertz CT molecular complexity index is 676. The highest BCUT2D eigenvalue weighted by atomic mass is 32.2. The number of hydrogen-bond donors (Lipinski definition) is 2. The lowest BCUT2D eigenvalue weighted by Gasteiger charge is -2.24. The van der Waals surface area contributed by atoms with Crippen LogP contribution in [0, 0.1) is 11.3 Å². The van der Waals surface area contributed by atoms with Crippen molar-refractivity contribution in [3.63, 3.8) is 0 Å². The van der Waals surface area contributed by atoms with E-state index in [1.165, 1.54) is 19.9 Å².